The van der Waals surface area contributed by atoms with Crippen LogP contribution in [-0.2, 0) is 4.79 Å². The molecule has 1 aromatic heterocycles. The van der Waals surface area contributed by atoms with Gasteiger partial charge in [-0.1, -0.05) is 0 Å². The van der Waals surface area contributed by atoms with Crippen molar-refractivity contribution < 1.29 is 4.79 Å². The Morgan fingerprint density at radius 2 is 1.94 bits per heavy atom. The molecule has 0 spiro atoms. The highest BCUT2D eigenvalue weighted by Crippen LogP contribution is 2.30. The molecule has 0 aliphatic heterocycles. The zero-order valence-electron chi connectivity index (χ0n) is 12.1. The number of nitrogens with zero attached hydrogens (tertiary/aromatic N) is 2. The van der Waals surface area contributed by atoms with Gasteiger partial charge in [0.1, 0.15) is 5.82 Å². The van der Waals surface area contributed by atoms with Crippen LogP contribution < -0.4 is 11.1 Å². The van der Waals surface area contributed by atoms with E-state index in [-0.39, 0.29) is 11.9 Å². The molecule has 0 aliphatic carbocycles. The minimum atomic E-state index is -0.668. The van der Waals surface area contributed by atoms with Gasteiger partial charge in [0, 0.05) is 17.6 Å². The molecule has 0 fully saturated rings. The number of rotatable bonds is 4. The Labute approximate surface area is 109 Å². The number of anilines is 1. The molecule has 1 aromatic rings. The molecule has 0 atom stereocenters. The highest BCUT2D eigenvalue weighted by molar-refractivity contribution is 5.95. The van der Waals surface area contributed by atoms with E-state index in [0.717, 1.165) is 0 Å². The van der Waals surface area contributed by atoms with Gasteiger partial charge < -0.3 is 11.1 Å². The number of carbonyl (C=O) groups excluding carboxylic acids is 1. The first-order valence-electron chi connectivity index (χ1n) is 6.21. The number of nitrogens with one attached hydrogen (secondary N) is 1. The number of carbonyl (C=O) groups is 1. The first-order chi connectivity index (χ1) is 8.07. The normalized spacial score (nSPS) is 12.9. The minimum Gasteiger partial charge on any atom is -0.325 e. The van der Waals surface area contributed by atoms with Gasteiger partial charge in [0.2, 0.25) is 5.91 Å². The molecule has 0 bridgehead atoms. The molecular formula is C13H24N4O. The third-order valence-corrected chi connectivity index (χ3v) is 3.58. The van der Waals surface area contributed by atoms with Crippen molar-refractivity contribution in [3.63, 3.8) is 0 Å². The number of aromatic nitrogens is 2. The first-order valence-corrected chi connectivity index (χ1v) is 6.21. The van der Waals surface area contributed by atoms with Crippen molar-refractivity contribution in [3.05, 3.63) is 12.3 Å². The van der Waals surface area contributed by atoms with Crippen LogP contribution >= 0.6 is 0 Å². The molecule has 0 aliphatic rings. The molecule has 0 aromatic carbocycles. The van der Waals surface area contributed by atoms with E-state index in [0.29, 0.717) is 5.82 Å². The smallest absolute Gasteiger partial charge is 0.233 e. The average molecular weight is 252 g/mol. The second-order valence-corrected chi connectivity index (χ2v) is 6.06. The maximum Gasteiger partial charge on any atom is 0.233 e. The van der Waals surface area contributed by atoms with E-state index in [9.17, 15) is 4.79 Å². The number of amides is 1. The quantitative estimate of drug-likeness (QED) is 0.862. The van der Waals surface area contributed by atoms with Crippen LogP contribution in [0.15, 0.2) is 12.3 Å². The molecule has 102 valence electrons. The van der Waals surface area contributed by atoms with E-state index < -0.39 is 11.0 Å². The van der Waals surface area contributed by atoms with Crippen LogP contribution in [0.25, 0.3) is 0 Å². The zero-order valence-corrected chi connectivity index (χ0v) is 12.1. The molecule has 0 saturated heterocycles. The van der Waals surface area contributed by atoms with E-state index in [1.54, 1.807) is 16.9 Å². The summed E-state index contributed by atoms with van der Waals surface area (Å²) >= 11 is 0. The highest BCUT2D eigenvalue weighted by atomic mass is 16.2. The molecule has 1 rings (SSSR count). The van der Waals surface area contributed by atoms with Crippen LogP contribution in [0.5, 0.6) is 0 Å². The van der Waals surface area contributed by atoms with Crippen LogP contribution in [0.3, 0.4) is 0 Å². The summed E-state index contributed by atoms with van der Waals surface area (Å²) in [7, 11) is 0. The van der Waals surface area contributed by atoms with E-state index in [1.807, 2.05) is 41.5 Å². The molecule has 5 nitrogen and oxygen atoms in total. The number of hydrogen-bond acceptors (Lipinski definition) is 3. The molecule has 0 radical (unpaired) electrons. The van der Waals surface area contributed by atoms with Gasteiger partial charge >= 0.3 is 0 Å². The molecule has 1 amide bonds. The lowest BCUT2D eigenvalue weighted by Crippen LogP contribution is -2.53. The predicted molar refractivity (Wildman–Crippen MR) is 73.3 cm³/mol. The van der Waals surface area contributed by atoms with E-state index in [4.69, 9.17) is 5.73 Å². The molecule has 5 heteroatoms. The summed E-state index contributed by atoms with van der Waals surface area (Å²) in [6.45, 7) is 11.4. The van der Waals surface area contributed by atoms with Crippen LogP contribution in [0.1, 0.15) is 47.6 Å². The van der Waals surface area contributed by atoms with Crippen LogP contribution in [-0.4, -0.2) is 21.2 Å². The van der Waals surface area contributed by atoms with Gasteiger partial charge in [-0.15, -0.1) is 0 Å². The van der Waals surface area contributed by atoms with Crippen molar-refractivity contribution in [3.8, 4) is 0 Å². The largest absolute Gasteiger partial charge is 0.325 e. The van der Waals surface area contributed by atoms with E-state index in [1.165, 1.54) is 0 Å². The molecule has 3 N–H and O–H groups in total. The third kappa shape index (κ3) is 2.72. The molecular weight excluding hydrogens is 228 g/mol. The monoisotopic (exact) mass is 252 g/mol. The number of nitrogens with two attached hydrogens (primary N) is 1. The van der Waals surface area contributed by atoms with Gasteiger partial charge in [0.05, 0.1) is 11.6 Å². The minimum absolute atomic E-state index is 0.0996. The van der Waals surface area contributed by atoms with Gasteiger partial charge in [0.25, 0.3) is 0 Å². The summed E-state index contributed by atoms with van der Waals surface area (Å²) in [5.74, 6) is 0.602. The lowest BCUT2D eigenvalue weighted by Gasteiger charge is -2.36. The molecule has 0 saturated carbocycles. The summed E-state index contributed by atoms with van der Waals surface area (Å²) in [4.78, 5) is 12.3. The summed E-state index contributed by atoms with van der Waals surface area (Å²) in [6, 6.07) is 1.99. The second kappa shape index (κ2) is 4.72. The Kier molecular flexibility index (Phi) is 3.86. The summed E-state index contributed by atoms with van der Waals surface area (Å²) < 4.78 is 1.78. The topological polar surface area (TPSA) is 72.9 Å². The van der Waals surface area contributed by atoms with Gasteiger partial charge in [-0.2, -0.15) is 5.10 Å². The fourth-order valence-electron chi connectivity index (χ4n) is 1.39. The van der Waals surface area contributed by atoms with Crippen molar-refractivity contribution in [1.82, 2.24) is 9.78 Å². The van der Waals surface area contributed by atoms with Gasteiger partial charge in [-0.25, -0.2) is 4.68 Å². The maximum atomic E-state index is 12.3. The van der Waals surface area contributed by atoms with Gasteiger partial charge in [-0.05, 0) is 41.5 Å². The summed E-state index contributed by atoms with van der Waals surface area (Å²) in [5.41, 5.74) is 4.79. The Morgan fingerprint density at radius 1 is 1.39 bits per heavy atom. The predicted octanol–water partition coefficient (Wildman–Crippen LogP) is 2.17. The van der Waals surface area contributed by atoms with Crippen molar-refractivity contribution in [2.24, 2.45) is 11.1 Å². The molecule has 18 heavy (non-hydrogen) atoms. The Hall–Kier alpha value is -1.36. The Morgan fingerprint density at radius 3 is 2.39 bits per heavy atom. The van der Waals surface area contributed by atoms with Gasteiger partial charge in [-0.3, -0.25) is 4.79 Å². The van der Waals surface area contributed by atoms with Crippen LogP contribution in [0.4, 0.5) is 5.82 Å². The summed E-state index contributed by atoms with van der Waals surface area (Å²) in [5, 5.41) is 7.08. The van der Waals surface area contributed by atoms with Gasteiger partial charge in [0.15, 0.2) is 0 Å². The third-order valence-electron chi connectivity index (χ3n) is 3.58. The zero-order chi connectivity index (χ0) is 14.1. The SMILES string of the molecule is CC(C)n1nccc1NC(=O)C(C)(C)C(C)(C)N. The van der Waals surface area contributed by atoms with E-state index in [2.05, 4.69) is 10.4 Å². The lowest BCUT2D eigenvalue weighted by atomic mass is 9.74. The fourth-order valence-corrected chi connectivity index (χ4v) is 1.39. The van der Waals surface area contributed by atoms with Crippen LogP contribution in [0.2, 0.25) is 0 Å². The van der Waals surface area contributed by atoms with Crippen molar-refractivity contribution >= 4 is 11.7 Å². The Balaban J connectivity index is 2.92. The van der Waals surface area contributed by atoms with Crippen LogP contribution in [0, 0.1) is 5.41 Å². The molecule has 0 unspecified atom stereocenters. The Bertz CT molecular complexity index is 426. The average Bonchev–Trinajstić information content (AvgIpc) is 2.63. The van der Waals surface area contributed by atoms with Crippen molar-refractivity contribution in [2.45, 2.75) is 53.1 Å². The standard InChI is InChI=1S/C13H24N4O/c1-9(2)17-10(7-8-15-17)16-11(18)12(3,4)13(5,6)14/h7-9H,14H2,1-6H3,(H,16,18). The van der Waals surface area contributed by atoms with Crippen molar-refractivity contribution in [1.29, 1.82) is 0 Å². The number of hydrogen-bond donors (Lipinski definition) is 2. The second-order valence-electron chi connectivity index (χ2n) is 6.06. The summed E-state index contributed by atoms with van der Waals surface area (Å²) in [6.07, 6.45) is 1.68. The lowest BCUT2D eigenvalue weighted by molar-refractivity contribution is -0.126. The molecule has 1 heterocycles. The first kappa shape index (κ1) is 14.7. The van der Waals surface area contributed by atoms with E-state index >= 15 is 0 Å². The fraction of sp³-hybridized carbons (Fsp3) is 0.692. The van der Waals surface area contributed by atoms with Crippen molar-refractivity contribution in [2.75, 3.05) is 5.32 Å². The maximum absolute atomic E-state index is 12.3. The highest BCUT2D eigenvalue weighted by Gasteiger charge is 2.40.